The van der Waals surface area contributed by atoms with Gasteiger partial charge in [-0.05, 0) is 37.6 Å². The number of likely N-dealkylation sites (tertiary alicyclic amines) is 1. The van der Waals surface area contributed by atoms with Crippen LogP contribution in [-0.4, -0.2) is 39.9 Å². The second-order valence-electron chi connectivity index (χ2n) is 7.72. The first-order valence-corrected chi connectivity index (χ1v) is 11.0. The quantitative estimate of drug-likeness (QED) is 0.572. The number of benzene rings is 2. The lowest BCUT2D eigenvalue weighted by atomic mass is 10.1. The molecule has 2 aromatic carbocycles. The number of anilines is 1. The lowest BCUT2D eigenvalue weighted by molar-refractivity contribution is 0.0791. The van der Waals surface area contributed by atoms with E-state index in [9.17, 15) is 4.79 Å². The Bertz CT molecular complexity index is 1140. The number of nitrogen functional groups attached to an aromatic ring is 1. The van der Waals surface area contributed by atoms with Crippen LogP contribution in [0.15, 0.2) is 48.7 Å². The van der Waals surface area contributed by atoms with Crippen LogP contribution in [0.1, 0.15) is 35.4 Å². The average Bonchev–Trinajstić information content (AvgIpc) is 3.21. The van der Waals surface area contributed by atoms with Gasteiger partial charge in [0, 0.05) is 45.9 Å². The molecule has 1 aliphatic heterocycles. The van der Waals surface area contributed by atoms with Crippen molar-refractivity contribution in [3.8, 4) is 17.1 Å². The van der Waals surface area contributed by atoms with Crippen LogP contribution in [0.5, 0.6) is 5.88 Å². The maximum absolute atomic E-state index is 12.8. The number of ether oxygens (including phenoxy) is 1. The number of hydrogen-bond donors (Lipinski definition) is 2. The predicted octanol–water partition coefficient (Wildman–Crippen LogP) is 4.35. The number of aromatic nitrogens is 2. The average molecular weight is 472 g/mol. The Hall–Kier alpha value is -2.87. The summed E-state index contributed by atoms with van der Waals surface area (Å²) in [6, 6.07) is 12.5. The Morgan fingerprint density at radius 2 is 1.94 bits per heavy atom. The van der Waals surface area contributed by atoms with Gasteiger partial charge in [0.2, 0.25) is 0 Å². The summed E-state index contributed by atoms with van der Waals surface area (Å²) in [6.45, 7) is 3.03. The fourth-order valence-corrected chi connectivity index (χ4v) is 4.40. The fraction of sp³-hybridized carbons (Fsp3) is 0.261. The molecule has 2 heterocycles. The van der Waals surface area contributed by atoms with E-state index < -0.39 is 6.10 Å². The molecule has 2 unspecified atom stereocenters. The smallest absolute Gasteiger partial charge is 0.258 e. The van der Waals surface area contributed by atoms with Gasteiger partial charge in [-0.25, -0.2) is 9.97 Å². The van der Waals surface area contributed by atoms with Crippen molar-refractivity contribution in [1.29, 1.82) is 0 Å². The van der Waals surface area contributed by atoms with Crippen LogP contribution in [0.2, 0.25) is 10.0 Å². The van der Waals surface area contributed by atoms with Crippen molar-refractivity contribution in [3.63, 3.8) is 0 Å². The molecule has 9 heteroatoms. The number of carbonyl (C=O) groups is 1. The monoisotopic (exact) mass is 471 g/mol. The summed E-state index contributed by atoms with van der Waals surface area (Å²) in [5, 5.41) is 0.973. The van der Waals surface area contributed by atoms with Gasteiger partial charge >= 0.3 is 0 Å². The van der Waals surface area contributed by atoms with Gasteiger partial charge in [-0.2, -0.15) is 0 Å². The van der Waals surface area contributed by atoms with E-state index in [2.05, 4.69) is 9.97 Å². The van der Waals surface area contributed by atoms with E-state index >= 15 is 0 Å². The summed E-state index contributed by atoms with van der Waals surface area (Å²) in [5.74, 6) is 0.247. The highest BCUT2D eigenvalue weighted by Gasteiger charge is 2.25. The molecule has 32 heavy (non-hydrogen) atoms. The molecule has 1 aliphatic rings. The molecule has 1 aromatic heterocycles. The van der Waals surface area contributed by atoms with Crippen LogP contribution in [0, 0.1) is 0 Å². The third-order valence-electron chi connectivity index (χ3n) is 5.38. The van der Waals surface area contributed by atoms with E-state index in [0.717, 1.165) is 12.0 Å². The molecular weight excluding hydrogens is 449 g/mol. The highest BCUT2D eigenvalue weighted by Crippen LogP contribution is 2.34. The van der Waals surface area contributed by atoms with E-state index in [4.69, 9.17) is 39.4 Å². The minimum Gasteiger partial charge on any atom is -0.467 e. The number of nitrogens with two attached hydrogens (primary N) is 2. The lowest BCUT2D eigenvalue weighted by Gasteiger charge is -2.18. The zero-order valence-corrected chi connectivity index (χ0v) is 19.0. The summed E-state index contributed by atoms with van der Waals surface area (Å²) in [6.07, 6.45) is 1.85. The predicted molar refractivity (Wildman–Crippen MR) is 126 cm³/mol. The van der Waals surface area contributed by atoms with Gasteiger partial charge in [-0.1, -0.05) is 41.4 Å². The van der Waals surface area contributed by atoms with Crippen LogP contribution in [0.25, 0.3) is 11.3 Å². The van der Waals surface area contributed by atoms with Gasteiger partial charge in [-0.15, -0.1) is 0 Å². The summed E-state index contributed by atoms with van der Waals surface area (Å²) in [7, 11) is 0. The van der Waals surface area contributed by atoms with E-state index in [1.165, 1.54) is 0 Å². The molecule has 0 spiro atoms. The van der Waals surface area contributed by atoms with Crippen LogP contribution in [-0.2, 0) is 0 Å². The van der Waals surface area contributed by atoms with Crippen LogP contribution in [0.3, 0.4) is 0 Å². The number of hydrogen-bond acceptors (Lipinski definition) is 6. The van der Waals surface area contributed by atoms with Crippen LogP contribution in [0.4, 0.5) is 5.82 Å². The second kappa shape index (κ2) is 9.32. The first kappa shape index (κ1) is 22.3. The molecule has 3 aromatic rings. The van der Waals surface area contributed by atoms with E-state index in [1.807, 2.05) is 12.1 Å². The van der Waals surface area contributed by atoms with Crippen molar-refractivity contribution in [2.24, 2.45) is 5.73 Å². The molecule has 0 radical (unpaired) electrons. The molecule has 2 atom stereocenters. The highest BCUT2D eigenvalue weighted by atomic mass is 35.5. The molecule has 4 N–H and O–H groups in total. The maximum Gasteiger partial charge on any atom is 0.258 e. The minimum atomic E-state index is -0.504. The fourth-order valence-electron chi connectivity index (χ4n) is 3.70. The SMILES string of the molecule is CC(Oc1nc(-c2cccc(C(=O)N3CCC(N)C3)c2)cnc1N)c1c(Cl)cccc1Cl. The van der Waals surface area contributed by atoms with Crippen molar-refractivity contribution in [1.82, 2.24) is 14.9 Å². The highest BCUT2D eigenvalue weighted by molar-refractivity contribution is 6.36. The number of nitrogens with zero attached hydrogens (tertiary/aromatic N) is 3. The Labute approximate surface area is 196 Å². The van der Waals surface area contributed by atoms with Crippen LogP contribution >= 0.6 is 23.2 Å². The summed E-state index contributed by atoms with van der Waals surface area (Å²) in [4.78, 5) is 23.4. The van der Waals surface area contributed by atoms with Crippen molar-refractivity contribution >= 4 is 34.9 Å². The van der Waals surface area contributed by atoms with Crippen molar-refractivity contribution in [3.05, 3.63) is 69.8 Å². The second-order valence-corrected chi connectivity index (χ2v) is 8.54. The molecule has 4 rings (SSSR count). The summed E-state index contributed by atoms with van der Waals surface area (Å²) in [5.41, 5.74) is 14.4. The molecule has 1 saturated heterocycles. The van der Waals surface area contributed by atoms with Gasteiger partial charge in [-0.3, -0.25) is 4.79 Å². The lowest BCUT2D eigenvalue weighted by Crippen LogP contribution is -2.31. The standard InChI is InChI=1S/C23H23Cl2N5O2/c1-13(20-17(24)6-3-7-18(20)25)32-22-21(27)28-11-19(29-22)14-4-2-5-15(10-14)23(31)30-9-8-16(26)12-30/h2-7,10-11,13,16H,8-9,12,26H2,1H3,(H2,27,28). The molecular formula is C23H23Cl2N5O2. The Kier molecular flexibility index (Phi) is 6.50. The largest absolute Gasteiger partial charge is 0.467 e. The van der Waals surface area contributed by atoms with Gasteiger partial charge in [0.25, 0.3) is 11.8 Å². The van der Waals surface area contributed by atoms with Gasteiger partial charge < -0.3 is 21.1 Å². The normalized spacial score (nSPS) is 16.8. The number of halogens is 2. The molecule has 0 saturated carbocycles. The Morgan fingerprint density at radius 3 is 2.62 bits per heavy atom. The minimum absolute atomic E-state index is 0.0263. The first-order valence-electron chi connectivity index (χ1n) is 10.2. The number of amides is 1. The molecule has 1 amide bonds. The van der Waals surface area contributed by atoms with Gasteiger partial charge in [0.05, 0.1) is 11.9 Å². The summed E-state index contributed by atoms with van der Waals surface area (Å²) < 4.78 is 5.97. The first-order chi connectivity index (χ1) is 15.3. The Morgan fingerprint density at radius 1 is 1.22 bits per heavy atom. The number of rotatable bonds is 5. The summed E-state index contributed by atoms with van der Waals surface area (Å²) >= 11 is 12.6. The molecule has 0 bridgehead atoms. The van der Waals surface area contributed by atoms with E-state index in [1.54, 1.807) is 48.4 Å². The maximum atomic E-state index is 12.8. The molecule has 7 nitrogen and oxygen atoms in total. The van der Waals surface area contributed by atoms with Crippen molar-refractivity contribution in [2.75, 3.05) is 18.8 Å². The van der Waals surface area contributed by atoms with E-state index in [0.29, 0.717) is 40.0 Å². The molecule has 1 fully saturated rings. The zero-order chi connectivity index (χ0) is 22.8. The number of carbonyl (C=O) groups excluding carboxylic acids is 1. The van der Waals surface area contributed by atoms with E-state index in [-0.39, 0.29) is 23.6 Å². The van der Waals surface area contributed by atoms with Gasteiger partial charge in [0.1, 0.15) is 6.10 Å². The topological polar surface area (TPSA) is 107 Å². The third-order valence-corrected chi connectivity index (χ3v) is 6.04. The Balaban J connectivity index is 1.60. The van der Waals surface area contributed by atoms with Crippen molar-refractivity contribution < 1.29 is 9.53 Å². The van der Waals surface area contributed by atoms with Gasteiger partial charge in [0.15, 0.2) is 5.82 Å². The van der Waals surface area contributed by atoms with Crippen LogP contribution < -0.4 is 16.2 Å². The third kappa shape index (κ3) is 4.65. The molecule has 0 aliphatic carbocycles. The zero-order valence-electron chi connectivity index (χ0n) is 17.5. The van der Waals surface area contributed by atoms with Crippen molar-refractivity contribution in [2.45, 2.75) is 25.5 Å². The molecule has 166 valence electrons.